The minimum absolute atomic E-state index is 0.338. The molecule has 0 aliphatic carbocycles. The smallest absolute Gasteiger partial charge is 0.149 e. The number of methoxy groups -OCH3 is 3. The highest BCUT2D eigenvalue weighted by atomic mass is 16.5. The van der Waals surface area contributed by atoms with Gasteiger partial charge in [-0.05, 0) is 25.0 Å². The molecule has 0 atom stereocenters. The van der Waals surface area contributed by atoms with Crippen LogP contribution in [0.3, 0.4) is 0 Å². The van der Waals surface area contributed by atoms with Crippen molar-refractivity contribution in [3.63, 3.8) is 0 Å². The van der Waals surface area contributed by atoms with Crippen LogP contribution in [0.2, 0.25) is 0 Å². The summed E-state index contributed by atoms with van der Waals surface area (Å²) < 4.78 is 16.5. The third-order valence-corrected chi connectivity index (χ3v) is 5.51. The molecule has 1 fully saturated rings. The highest BCUT2D eigenvalue weighted by molar-refractivity contribution is 5.90. The molecule has 1 aromatic heterocycles. The van der Waals surface area contributed by atoms with E-state index in [2.05, 4.69) is 39.5 Å². The minimum Gasteiger partial charge on any atom is -0.496 e. The van der Waals surface area contributed by atoms with E-state index in [1.54, 1.807) is 21.3 Å². The largest absolute Gasteiger partial charge is 0.496 e. The van der Waals surface area contributed by atoms with Crippen molar-refractivity contribution in [1.82, 2.24) is 4.98 Å². The van der Waals surface area contributed by atoms with Crippen LogP contribution >= 0.6 is 0 Å². The first-order valence-corrected chi connectivity index (χ1v) is 9.88. The molecular weight excluding hydrogens is 366 g/mol. The number of rotatable bonds is 6. The average Bonchev–Trinajstić information content (AvgIpc) is 2.79. The molecule has 3 aromatic rings. The van der Waals surface area contributed by atoms with Crippen LogP contribution < -0.4 is 24.4 Å². The fraction of sp³-hybridized carbons (Fsp3) is 0.348. The molecule has 0 bridgehead atoms. The van der Waals surface area contributed by atoms with Crippen LogP contribution in [0.4, 0.5) is 11.4 Å². The van der Waals surface area contributed by atoms with Crippen molar-refractivity contribution in [2.24, 2.45) is 0 Å². The van der Waals surface area contributed by atoms with Gasteiger partial charge in [0.05, 0.1) is 32.5 Å². The van der Waals surface area contributed by atoms with Crippen LogP contribution in [0.1, 0.15) is 12.8 Å². The van der Waals surface area contributed by atoms with Gasteiger partial charge < -0.3 is 24.4 Å². The molecule has 1 N–H and O–H groups in total. The fourth-order valence-corrected chi connectivity index (χ4v) is 3.96. The Morgan fingerprint density at radius 2 is 1.62 bits per heavy atom. The maximum Gasteiger partial charge on any atom is 0.149 e. The number of aromatic nitrogens is 1. The third kappa shape index (κ3) is 3.88. The molecule has 1 saturated heterocycles. The van der Waals surface area contributed by atoms with Gasteiger partial charge in [-0.25, -0.2) is 0 Å². The van der Waals surface area contributed by atoms with Crippen molar-refractivity contribution in [3.05, 3.63) is 48.7 Å². The molecule has 0 unspecified atom stereocenters. The molecule has 0 spiro atoms. The van der Waals surface area contributed by atoms with Gasteiger partial charge in [0.2, 0.25) is 0 Å². The highest BCUT2D eigenvalue weighted by Gasteiger charge is 2.23. The summed E-state index contributed by atoms with van der Waals surface area (Å²) in [7, 11) is 4.96. The number of hydrogen-bond acceptors (Lipinski definition) is 6. The van der Waals surface area contributed by atoms with E-state index in [1.807, 2.05) is 24.4 Å². The summed E-state index contributed by atoms with van der Waals surface area (Å²) >= 11 is 0. The molecule has 29 heavy (non-hydrogen) atoms. The lowest BCUT2D eigenvalue weighted by Gasteiger charge is -2.35. The van der Waals surface area contributed by atoms with Gasteiger partial charge in [0.15, 0.2) is 0 Å². The lowest BCUT2D eigenvalue weighted by Crippen LogP contribution is -2.39. The molecule has 0 radical (unpaired) electrons. The Morgan fingerprint density at radius 3 is 2.28 bits per heavy atom. The SMILES string of the molecule is COc1cc(OC)c(NC2CCN(c3cccc4cccnc34)CC2)c(OC)c1. The second-order valence-electron chi connectivity index (χ2n) is 7.16. The Kier molecular flexibility index (Phi) is 5.60. The number of fused-ring (bicyclic) bond motifs is 1. The van der Waals surface area contributed by atoms with Gasteiger partial charge in [-0.15, -0.1) is 0 Å². The molecule has 1 aliphatic heterocycles. The molecule has 6 heteroatoms. The lowest BCUT2D eigenvalue weighted by atomic mass is 10.0. The summed E-state index contributed by atoms with van der Waals surface area (Å²) in [6.07, 6.45) is 3.89. The van der Waals surface area contributed by atoms with E-state index in [-0.39, 0.29) is 0 Å². The van der Waals surface area contributed by atoms with Gasteiger partial charge in [0.1, 0.15) is 22.9 Å². The number of nitrogens with zero attached hydrogens (tertiary/aromatic N) is 2. The summed E-state index contributed by atoms with van der Waals surface area (Å²) in [6, 6.07) is 14.6. The van der Waals surface area contributed by atoms with Crippen molar-refractivity contribution in [2.45, 2.75) is 18.9 Å². The van der Waals surface area contributed by atoms with Crippen molar-refractivity contribution in [2.75, 3.05) is 44.6 Å². The van der Waals surface area contributed by atoms with Crippen molar-refractivity contribution in [3.8, 4) is 17.2 Å². The van der Waals surface area contributed by atoms with Gasteiger partial charge in [0, 0.05) is 42.8 Å². The summed E-state index contributed by atoms with van der Waals surface area (Å²) in [4.78, 5) is 7.03. The first kappa shape index (κ1) is 19.2. The zero-order chi connectivity index (χ0) is 20.2. The van der Waals surface area contributed by atoms with Crippen molar-refractivity contribution >= 4 is 22.3 Å². The van der Waals surface area contributed by atoms with E-state index in [4.69, 9.17) is 14.2 Å². The van der Waals surface area contributed by atoms with E-state index in [0.29, 0.717) is 11.8 Å². The van der Waals surface area contributed by atoms with Crippen LogP contribution in [0, 0.1) is 0 Å². The number of nitrogens with one attached hydrogen (secondary N) is 1. The van der Waals surface area contributed by atoms with E-state index < -0.39 is 0 Å². The zero-order valence-corrected chi connectivity index (χ0v) is 17.1. The number of benzene rings is 2. The Morgan fingerprint density at radius 1 is 0.931 bits per heavy atom. The van der Waals surface area contributed by atoms with E-state index in [0.717, 1.165) is 48.6 Å². The third-order valence-electron chi connectivity index (χ3n) is 5.51. The molecule has 6 nitrogen and oxygen atoms in total. The fourth-order valence-electron chi connectivity index (χ4n) is 3.96. The van der Waals surface area contributed by atoms with E-state index in [9.17, 15) is 0 Å². The maximum atomic E-state index is 5.57. The lowest BCUT2D eigenvalue weighted by molar-refractivity contribution is 0.376. The normalized spacial score (nSPS) is 14.7. The summed E-state index contributed by atoms with van der Waals surface area (Å²) in [5.41, 5.74) is 3.15. The Hall–Kier alpha value is -3.15. The monoisotopic (exact) mass is 393 g/mol. The van der Waals surface area contributed by atoms with Crippen LogP contribution in [0.25, 0.3) is 10.9 Å². The predicted molar refractivity (Wildman–Crippen MR) is 117 cm³/mol. The van der Waals surface area contributed by atoms with Gasteiger partial charge in [0.25, 0.3) is 0 Å². The quantitative estimate of drug-likeness (QED) is 0.672. The predicted octanol–water partition coefficient (Wildman–Crippen LogP) is 4.34. The molecule has 152 valence electrons. The van der Waals surface area contributed by atoms with Gasteiger partial charge in [-0.3, -0.25) is 4.98 Å². The first-order chi connectivity index (χ1) is 14.2. The number of anilines is 2. The molecule has 0 saturated carbocycles. The molecular formula is C23H27N3O3. The number of piperidine rings is 1. The summed E-state index contributed by atoms with van der Waals surface area (Å²) in [5, 5.41) is 4.81. The second-order valence-corrected chi connectivity index (χ2v) is 7.16. The second kappa shape index (κ2) is 8.47. The Labute approximate surface area is 171 Å². The van der Waals surface area contributed by atoms with E-state index in [1.165, 1.54) is 11.1 Å². The van der Waals surface area contributed by atoms with Crippen LogP contribution in [0.5, 0.6) is 17.2 Å². The number of pyridine rings is 1. The number of para-hydroxylation sites is 1. The minimum atomic E-state index is 0.338. The van der Waals surface area contributed by atoms with Gasteiger partial charge in [-0.1, -0.05) is 18.2 Å². The van der Waals surface area contributed by atoms with Crippen LogP contribution in [0.15, 0.2) is 48.7 Å². The highest BCUT2D eigenvalue weighted by Crippen LogP contribution is 2.40. The molecule has 2 heterocycles. The van der Waals surface area contributed by atoms with Crippen molar-refractivity contribution in [1.29, 1.82) is 0 Å². The average molecular weight is 393 g/mol. The number of ether oxygens (including phenoxy) is 3. The standard InChI is InChI=1S/C23H27N3O3/c1-27-18-14-20(28-2)23(21(15-18)29-3)25-17-9-12-26(13-10-17)19-8-4-6-16-7-5-11-24-22(16)19/h4-8,11,14-15,17,25H,9-10,12-13H2,1-3H3. The Balaban J connectivity index is 1.49. The van der Waals surface area contributed by atoms with Gasteiger partial charge in [-0.2, -0.15) is 0 Å². The number of hydrogen-bond donors (Lipinski definition) is 1. The molecule has 0 amide bonds. The van der Waals surface area contributed by atoms with E-state index >= 15 is 0 Å². The summed E-state index contributed by atoms with van der Waals surface area (Å²) in [6.45, 7) is 1.93. The van der Waals surface area contributed by atoms with Crippen LogP contribution in [-0.2, 0) is 0 Å². The topological polar surface area (TPSA) is 55.9 Å². The maximum absolute atomic E-state index is 5.57. The molecule has 1 aliphatic rings. The molecule has 4 rings (SSSR count). The van der Waals surface area contributed by atoms with Gasteiger partial charge >= 0.3 is 0 Å². The zero-order valence-electron chi connectivity index (χ0n) is 17.1. The van der Waals surface area contributed by atoms with Crippen LogP contribution in [-0.4, -0.2) is 45.4 Å². The summed E-state index contributed by atoms with van der Waals surface area (Å²) in [5.74, 6) is 2.16. The van der Waals surface area contributed by atoms with Crippen molar-refractivity contribution < 1.29 is 14.2 Å². The first-order valence-electron chi connectivity index (χ1n) is 9.88. The molecule has 2 aromatic carbocycles. The Bertz CT molecular complexity index is 954.